The van der Waals surface area contributed by atoms with Gasteiger partial charge in [-0.25, -0.2) is 0 Å². The van der Waals surface area contributed by atoms with Crippen LogP contribution in [0.2, 0.25) is 0 Å². The van der Waals surface area contributed by atoms with Crippen molar-refractivity contribution in [1.29, 1.82) is 0 Å². The number of nitrogens with zero attached hydrogens (tertiary/aromatic N) is 2. The number of rotatable bonds is 12. The van der Waals surface area contributed by atoms with Crippen LogP contribution in [-0.4, -0.2) is 12.4 Å². The fourth-order valence-corrected chi connectivity index (χ4v) is 2.92. The third-order valence-electron chi connectivity index (χ3n) is 4.36. The third kappa shape index (κ3) is 7.72. The van der Waals surface area contributed by atoms with Crippen LogP contribution in [0.3, 0.4) is 0 Å². The van der Waals surface area contributed by atoms with Gasteiger partial charge < -0.3 is 0 Å². The average Bonchev–Trinajstić information content (AvgIpc) is 2.93. The molecule has 0 bridgehead atoms. The molecule has 0 fully saturated rings. The summed E-state index contributed by atoms with van der Waals surface area (Å²) in [5, 5.41) is 0. The van der Waals surface area contributed by atoms with E-state index < -0.39 is 0 Å². The average molecular weight is 277 g/mol. The first-order chi connectivity index (χ1) is 9.74. The Hall–Kier alpha value is -0.790. The first-order valence-electron chi connectivity index (χ1n) is 8.66. The maximum absolute atomic E-state index is 4.25. The van der Waals surface area contributed by atoms with Crippen LogP contribution in [0.15, 0.2) is 9.98 Å². The third-order valence-corrected chi connectivity index (χ3v) is 4.36. The highest BCUT2D eigenvalue weighted by Crippen LogP contribution is 2.27. The van der Waals surface area contributed by atoms with Crippen LogP contribution in [-0.2, 0) is 0 Å². The quantitative estimate of drug-likeness (QED) is 0.317. The van der Waals surface area contributed by atoms with Crippen LogP contribution < -0.4 is 0 Å². The van der Waals surface area contributed by atoms with Crippen molar-refractivity contribution in [3.05, 3.63) is 6.17 Å². The first-order valence-corrected chi connectivity index (χ1v) is 8.66. The van der Waals surface area contributed by atoms with E-state index in [2.05, 4.69) is 30.8 Å². The minimum absolute atomic E-state index is 0.811. The van der Waals surface area contributed by atoms with Crippen molar-refractivity contribution in [2.75, 3.05) is 0 Å². The van der Waals surface area contributed by atoms with Crippen LogP contribution in [0.1, 0.15) is 85.0 Å². The molecule has 2 heteroatoms. The van der Waals surface area contributed by atoms with Crippen LogP contribution in [0.4, 0.5) is 0 Å². The van der Waals surface area contributed by atoms with Gasteiger partial charge in [0.2, 0.25) is 6.17 Å². The molecule has 1 unspecified atom stereocenters. The topological polar surface area (TPSA) is 24.7 Å². The first kappa shape index (κ1) is 17.3. The van der Waals surface area contributed by atoms with Gasteiger partial charge in [-0.1, -0.05) is 75.7 Å². The lowest BCUT2D eigenvalue weighted by atomic mass is 9.86. The van der Waals surface area contributed by atoms with Gasteiger partial charge in [-0.15, -0.1) is 0 Å². The van der Waals surface area contributed by atoms with Crippen LogP contribution in [0.25, 0.3) is 0 Å². The van der Waals surface area contributed by atoms with Crippen molar-refractivity contribution in [3.8, 4) is 0 Å². The van der Waals surface area contributed by atoms with Crippen molar-refractivity contribution in [1.82, 2.24) is 0 Å². The molecule has 114 valence electrons. The van der Waals surface area contributed by atoms with Crippen molar-refractivity contribution in [3.63, 3.8) is 0 Å². The van der Waals surface area contributed by atoms with E-state index >= 15 is 0 Å². The smallest absolute Gasteiger partial charge is 0.0968 e. The molecule has 0 spiro atoms. The number of hydrogen-bond acceptors (Lipinski definition) is 2. The van der Waals surface area contributed by atoms with Gasteiger partial charge in [0.05, 0.1) is 6.42 Å². The highest BCUT2D eigenvalue weighted by Gasteiger charge is 2.18. The molecule has 1 aliphatic heterocycles. The maximum Gasteiger partial charge on any atom is 0.240 e. The monoisotopic (exact) mass is 277 g/mol. The standard InChI is InChI=1S/C18H33N2/c1-4-5-6-7-8-9-11-17(16(2)3)12-10-13-18-19-14-15-20-18/h14-17H,4-13H2,1-3H3/q+1. The van der Waals surface area contributed by atoms with Gasteiger partial charge in [-0.05, 0) is 24.7 Å². The molecule has 0 aromatic heterocycles. The van der Waals surface area contributed by atoms with Gasteiger partial charge in [-0.3, -0.25) is 0 Å². The molecular weight excluding hydrogens is 244 g/mol. The molecule has 1 heterocycles. The van der Waals surface area contributed by atoms with Crippen molar-refractivity contribution < 1.29 is 0 Å². The van der Waals surface area contributed by atoms with Crippen molar-refractivity contribution in [2.24, 2.45) is 21.8 Å². The molecule has 0 N–H and O–H groups in total. The Balaban J connectivity index is 2.06. The summed E-state index contributed by atoms with van der Waals surface area (Å²) in [4.78, 5) is 8.50. The fourth-order valence-electron chi connectivity index (χ4n) is 2.92. The molecule has 0 saturated carbocycles. The molecule has 0 aromatic carbocycles. The van der Waals surface area contributed by atoms with E-state index in [1.807, 2.05) is 0 Å². The van der Waals surface area contributed by atoms with Crippen LogP contribution >= 0.6 is 0 Å². The zero-order chi connectivity index (χ0) is 14.6. The second-order valence-corrected chi connectivity index (χ2v) is 6.43. The Morgan fingerprint density at radius 1 is 0.850 bits per heavy atom. The summed E-state index contributed by atoms with van der Waals surface area (Å²) in [5.74, 6) is 1.70. The maximum atomic E-state index is 4.25. The van der Waals surface area contributed by atoms with Gasteiger partial charge in [0.1, 0.15) is 0 Å². The van der Waals surface area contributed by atoms with Crippen molar-refractivity contribution in [2.45, 2.75) is 85.0 Å². The molecule has 1 rings (SSSR count). The summed E-state index contributed by atoms with van der Waals surface area (Å²) in [7, 11) is 0. The van der Waals surface area contributed by atoms with Gasteiger partial charge in [-0.2, -0.15) is 0 Å². The lowest BCUT2D eigenvalue weighted by molar-refractivity contribution is 0.315. The Morgan fingerprint density at radius 3 is 2.10 bits per heavy atom. The zero-order valence-electron chi connectivity index (χ0n) is 13.8. The molecule has 0 radical (unpaired) electrons. The summed E-state index contributed by atoms with van der Waals surface area (Å²) in [6.45, 7) is 7.03. The van der Waals surface area contributed by atoms with Crippen molar-refractivity contribution >= 4 is 12.4 Å². The van der Waals surface area contributed by atoms with E-state index in [0.29, 0.717) is 0 Å². The molecule has 2 nitrogen and oxygen atoms in total. The molecular formula is C18H33N2+. The zero-order valence-corrected chi connectivity index (χ0v) is 13.8. The molecule has 20 heavy (non-hydrogen) atoms. The summed E-state index contributed by atoms with van der Waals surface area (Å²) in [6, 6.07) is 0. The molecule has 0 aromatic rings. The van der Waals surface area contributed by atoms with E-state index in [9.17, 15) is 0 Å². The van der Waals surface area contributed by atoms with E-state index in [1.165, 1.54) is 57.8 Å². The molecule has 1 atom stereocenters. The second-order valence-electron chi connectivity index (χ2n) is 6.43. The molecule has 0 amide bonds. The van der Waals surface area contributed by atoms with Crippen LogP contribution in [0, 0.1) is 18.0 Å². The van der Waals surface area contributed by atoms with Gasteiger partial charge >= 0.3 is 0 Å². The number of aliphatic imine (C=N–C) groups is 2. The summed E-state index contributed by atoms with van der Waals surface area (Å²) in [5.41, 5.74) is 0. The lowest BCUT2D eigenvalue weighted by Crippen LogP contribution is -2.09. The minimum atomic E-state index is 0.811. The Labute approximate surface area is 126 Å². The van der Waals surface area contributed by atoms with Crippen LogP contribution in [0.5, 0.6) is 0 Å². The Morgan fingerprint density at radius 2 is 1.45 bits per heavy atom. The second kappa shape index (κ2) is 10.9. The highest BCUT2D eigenvalue weighted by atomic mass is 15.0. The van der Waals surface area contributed by atoms with Gasteiger partial charge in [0.15, 0.2) is 12.4 Å². The molecule has 0 saturated heterocycles. The number of unbranched alkanes of at least 4 members (excludes halogenated alkanes) is 5. The highest BCUT2D eigenvalue weighted by molar-refractivity contribution is 6.18. The number of hydrogen-bond donors (Lipinski definition) is 0. The Bertz CT molecular complexity index is 269. The molecule has 0 aliphatic carbocycles. The summed E-state index contributed by atoms with van der Waals surface area (Å²) < 4.78 is 0. The minimum Gasteiger partial charge on any atom is -0.0968 e. The molecule has 1 aliphatic rings. The fraction of sp³-hybridized carbons (Fsp3) is 0.833. The normalized spacial score (nSPS) is 15.5. The summed E-state index contributed by atoms with van der Waals surface area (Å²) in [6.07, 6.45) is 18.1. The predicted molar refractivity (Wildman–Crippen MR) is 90.4 cm³/mol. The van der Waals surface area contributed by atoms with Gasteiger partial charge in [0, 0.05) is 0 Å². The predicted octanol–water partition coefficient (Wildman–Crippen LogP) is 5.82. The largest absolute Gasteiger partial charge is 0.240 e. The van der Waals surface area contributed by atoms with E-state index in [-0.39, 0.29) is 0 Å². The Kier molecular flexibility index (Phi) is 9.44. The van der Waals surface area contributed by atoms with E-state index in [1.54, 1.807) is 12.4 Å². The summed E-state index contributed by atoms with van der Waals surface area (Å²) >= 11 is 0. The lowest BCUT2D eigenvalue weighted by Gasteiger charge is -2.20. The SMILES string of the molecule is CCCCCCCCC(CCC[C+]1N=CC=N1)C(C)C. The van der Waals surface area contributed by atoms with E-state index in [0.717, 1.165) is 24.4 Å². The van der Waals surface area contributed by atoms with E-state index in [4.69, 9.17) is 0 Å². The van der Waals surface area contributed by atoms with Gasteiger partial charge in [0.25, 0.3) is 0 Å².